The maximum atomic E-state index is 12.0. The van der Waals surface area contributed by atoms with Gasteiger partial charge < -0.3 is 15.3 Å². The Labute approximate surface area is 167 Å². The van der Waals surface area contributed by atoms with E-state index in [1.54, 1.807) is 4.90 Å². The Morgan fingerprint density at radius 3 is 2.85 bits per heavy atom. The molecule has 27 heavy (non-hydrogen) atoms. The number of hydrogen-bond acceptors (Lipinski definition) is 4. The highest BCUT2D eigenvalue weighted by molar-refractivity contribution is 6.43. The number of anilines is 1. The van der Waals surface area contributed by atoms with E-state index < -0.39 is 6.61 Å². The van der Waals surface area contributed by atoms with Gasteiger partial charge in [0.25, 0.3) is 0 Å². The van der Waals surface area contributed by atoms with Gasteiger partial charge in [0.2, 0.25) is 5.91 Å². The van der Waals surface area contributed by atoms with Crippen molar-refractivity contribution in [1.29, 1.82) is 0 Å². The molecule has 2 aliphatic rings. The van der Waals surface area contributed by atoms with Gasteiger partial charge in [0.1, 0.15) is 12.4 Å². The standard InChI is InChI=1S/C20H19Cl2N3O2/c1-23-17-3-2-12(8-24-17)13-7-16(21)20(22)14-6-11-4-5-25(18(27)10-26)9-15(11)19(13)14/h2-3,7-8,26H,4-6,9-10H2,1H3,(H,23,24). The van der Waals surface area contributed by atoms with Crippen LogP contribution in [0.1, 0.15) is 17.5 Å². The Kier molecular flexibility index (Phi) is 4.84. The van der Waals surface area contributed by atoms with Gasteiger partial charge in [0, 0.05) is 31.9 Å². The third-order valence-electron chi connectivity index (χ3n) is 5.29. The van der Waals surface area contributed by atoms with Crippen LogP contribution in [-0.2, 0) is 11.2 Å². The van der Waals surface area contributed by atoms with Crippen LogP contribution >= 0.6 is 23.2 Å². The quantitative estimate of drug-likeness (QED) is 0.820. The average molecular weight is 404 g/mol. The Hall–Kier alpha value is -2.08. The molecule has 2 heterocycles. The highest BCUT2D eigenvalue weighted by atomic mass is 35.5. The largest absolute Gasteiger partial charge is 0.387 e. The van der Waals surface area contributed by atoms with Crippen molar-refractivity contribution in [2.75, 3.05) is 32.1 Å². The van der Waals surface area contributed by atoms with Gasteiger partial charge in [-0.05, 0) is 53.3 Å². The number of aromatic nitrogens is 1. The van der Waals surface area contributed by atoms with Crippen molar-refractivity contribution in [3.05, 3.63) is 51.1 Å². The lowest BCUT2D eigenvalue weighted by Gasteiger charge is -2.29. The number of benzene rings is 1. The van der Waals surface area contributed by atoms with E-state index in [0.717, 1.165) is 46.5 Å². The lowest BCUT2D eigenvalue weighted by atomic mass is 9.93. The summed E-state index contributed by atoms with van der Waals surface area (Å²) in [6.45, 7) is 0.624. The number of nitrogens with one attached hydrogen (secondary N) is 1. The van der Waals surface area contributed by atoms with Gasteiger partial charge in [-0.25, -0.2) is 4.98 Å². The molecule has 1 aromatic heterocycles. The topological polar surface area (TPSA) is 65.5 Å². The molecule has 1 aliphatic heterocycles. The second-order valence-electron chi connectivity index (χ2n) is 6.74. The van der Waals surface area contributed by atoms with Crippen LogP contribution < -0.4 is 5.32 Å². The fourth-order valence-corrected chi connectivity index (χ4v) is 4.34. The third-order valence-corrected chi connectivity index (χ3v) is 6.11. The second-order valence-corrected chi connectivity index (χ2v) is 7.52. The second kappa shape index (κ2) is 7.15. The fourth-order valence-electron chi connectivity index (χ4n) is 3.90. The van der Waals surface area contributed by atoms with Crippen LogP contribution in [-0.4, -0.2) is 47.6 Å². The minimum atomic E-state index is -0.473. The number of pyridine rings is 1. The molecule has 5 nitrogen and oxygen atoms in total. The molecule has 140 valence electrons. The number of amides is 1. The van der Waals surface area contributed by atoms with Gasteiger partial charge in [-0.2, -0.15) is 0 Å². The van der Waals surface area contributed by atoms with Crippen molar-refractivity contribution in [3.8, 4) is 11.1 Å². The summed E-state index contributed by atoms with van der Waals surface area (Å²) < 4.78 is 0. The molecule has 1 amide bonds. The molecule has 1 aliphatic carbocycles. The average Bonchev–Trinajstić information content (AvgIpc) is 3.09. The number of aliphatic hydroxyl groups is 1. The van der Waals surface area contributed by atoms with Gasteiger partial charge in [0.15, 0.2) is 0 Å². The van der Waals surface area contributed by atoms with E-state index in [4.69, 9.17) is 23.2 Å². The van der Waals surface area contributed by atoms with Crippen molar-refractivity contribution in [1.82, 2.24) is 9.88 Å². The number of carbonyl (C=O) groups is 1. The molecule has 4 rings (SSSR count). The van der Waals surface area contributed by atoms with Crippen molar-refractivity contribution in [3.63, 3.8) is 0 Å². The van der Waals surface area contributed by atoms with Crippen LogP contribution in [0, 0.1) is 0 Å². The number of hydrogen-bond donors (Lipinski definition) is 2. The summed E-state index contributed by atoms with van der Waals surface area (Å²) in [6.07, 6.45) is 3.34. The first kappa shape index (κ1) is 18.3. The predicted molar refractivity (Wildman–Crippen MR) is 108 cm³/mol. The van der Waals surface area contributed by atoms with Crippen molar-refractivity contribution in [2.24, 2.45) is 0 Å². The zero-order valence-electron chi connectivity index (χ0n) is 14.9. The van der Waals surface area contributed by atoms with Crippen LogP contribution in [0.25, 0.3) is 16.7 Å². The van der Waals surface area contributed by atoms with Crippen LogP contribution in [0.15, 0.2) is 30.0 Å². The highest BCUT2D eigenvalue weighted by Gasteiger charge is 2.33. The summed E-state index contributed by atoms with van der Waals surface area (Å²) in [6, 6.07) is 5.79. The zero-order chi connectivity index (χ0) is 19.1. The molecule has 2 aromatic rings. The molecule has 2 N–H and O–H groups in total. The highest BCUT2D eigenvalue weighted by Crippen LogP contribution is 2.47. The first-order chi connectivity index (χ1) is 13.0. The summed E-state index contributed by atoms with van der Waals surface area (Å²) >= 11 is 13.0. The number of carbonyl (C=O) groups excluding carboxylic acids is 1. The number of nitrogens with zero attached hydrogens (tertiary/aromatic N) is 2. The summed E-state index contributed by atoms with van der Waals surface area (Å²) in [5.41, 5.74) is 6.39. The molecule has 0 saturated carbocycles. The van der Waals surface area contributed by atoms with E-state index in [-0.39, 0.29) is 5.91 Å². The SMILES string of the molecule is CNc1ccc(-c2cc(Cl)c(Cl)c3c2C2=C(CCN(C(=O)CO)C2)C3)cn1. The molecule has 0 unspecified atom stereocenters. The molecular formula is C20H19Cl2N3O2. The Morgan fingerprint density at radius 2 is 2.19 bits per heavy atom. The Morgan fingerprint density at radius 1 is 1.37 bits per heavy atom. The van der Waals surface area contributed by atoms with E-state index in [1.165, 1.54) is 5.57 Å². The maximum Gasteiger partial charge on any atom is 0.248 e. The van der Waals surface area contributed by atoms with Crippen LogP contribution in [0.5, 0.6) is 0 Å². The Bertz CT molecular complexity index is 955. The molecule has 0 atom stereocenters. The first-order valence-corrected chi connectivity index (χ1v) is 9.54. The van der Waals surface area contributed by atoms with Gasteiger partial charge >= 0.3 is 0 Å². The summed E-state index contributed by atoms with van der Waals surface area (Å²) in [5.74, 6) is 0.532. The summed E-state index contributed by atoms with van der Waals surface area (Å²) in [4.78, 5) is 18.1. The van der Waals surface area contributed by atoms with E-state index in [1.807, 2.05) is 31.4 Å². The minimum Gasteiger partial charge on any atom is -0.387 e. The molecule has 0 spiro atoms. The number of aliphatic hydroxyl groups excluding tert-OH is 1. The number of fused-ring (bicyclic) bond motifs is 2. The van der Waals surface area contributed by atoms with Gasteiger partial charge in [-0.15, -0.1) is 0 Å². The minimum absolute atomic E-state index is 0.253. The van der Waals surface area contributed by atoms with Crippen LogP contribution in [0.2, 0.25) is 10.0 Å². The Balaban J connectivity index is 1.84. The van der Waals surface area contributed by atoms with E-state index in [2.05, 4.69) is 10.3 Å². The van der Waals surface area contributed by atoms with Crippen LogP contribution in [0.3, 0.4) is 0 Å². The maximum absolute atomic E-state index is 12.0. The zero-order valence-corrected chi connectivity index (χ0v) is 16.4. The van der Waals surface area contributed by atoms with Gasteiger partial charge in [-0.3, -0.25) is 4.79 Å². The first-order valence-electron chi connectivity index (χ1n) is 8.78. The third kappa shape index (κ3) is 3.10. The monoisotopic (exact) mass is 403 g/mol. The molecule has 1 aromatic carbocycles. The fraction of sp³-hybridized carbons (Fsp3) is 0.300. The normalized spacial score (nSPS) is 15.6. The van der Waals surface area contributed by atoms with Crippen LogP contribution in [0.4, 0.5) is 5.82 Å². The number of halogens is 2. The molecule has 7 heteroatoms. The summed E-state index contributed by atoms with van der Waals surface area (Å²) in [5, 5.41) is 13.3. The van der Waals surface area contributed by atoms with E-state index >= 15 is 0 Å². The van der Waals surface area contributed by atoms with E-state index in [0.29, 0.717) is 23.1 Å². The molecule has 0 fully saturated rings. The summed E-state index contributed by atoms with van der Waals surface area (Å²) in [7, 11) is 1.82. The lowest BCUT2D eigenvalue weighted by molar-refractivity contribution is -0.133. The van der Waals surface area contributed by atoms with Crippen molar-refractivity contribution >= 4 is 40.5 Å². The lowest BCUT2D eigenvalue weighted by Crippen LogP contribution is -2.37. The van der Waals surface area contributed by atoms with Gasteiger partial charge in [0.05, 0.1) is 10.0 Å². The smallest absolute Gasteiger partial charge is 0.248 e. The van der Waals surface area contributed by atoms with E-state index in [9.17, 15) is 9.90 Å². The van der Waals surface area contributed by atoms with Gasteiger partial charge in [-0.1, -0.05) is 28.8 Å². The van der Waals surface area contributed by atoms with Crippen molar-refractivity contribution < 1.29 is 9.90 Å². The predicted octanol–water partition coefficient (Wildman–Crippen LogP) is 3.63. The molecule has 0 saturated heterocycles. The van der Waals surface area contributed by atoms with Crippen molar-refractivity contribution in [2.45, 2.75) is 12.8 Å². The molecular weight excluding hydrogens is 385 g/mol. The molecule has 0 radical (unpaired) electrons. The molecule has 0 bridgehead atoms. The number of rotatable bonds is 3.